The van der Waals surface area contributed by atoms with E-state index in [-0.39, 0.29) is 0 Å². The molecule has 0 atom stereocenters. The summed E-state index contributed by atoms with van der Waals surface area (Å²) in [5.41, 5.74) is 0.816. The molecule has 5 heteroatoms. The van der Waals surface area contributed by atoms with Crippen molar-refractivity contribution < 1.29 is 0 Å². The highest BCUT2D eigenvalue weighted by atomic mass is 79.9. The molecule has 0 aliphatic rings. The molecule has 3 nitrogen and oxygen atoms in total. The first-order valence-electron chi connectivity index (χ1n) is 3.35. The Morgan fingerprint density at radius 3 is 3.00 bits per heavy atom. The molecule has 0 fully saturated rings. The molecule has 0 radical (unpaired) electrons. The molecule has 62 valence electrons. The lowest BCUT2D eigenvalue weighted by molar-refractivity contribution is 1.03. The van der Waals surface area contributed by atoms with Gasteiger partial charge in [-0.25, -0.2) is 9.97 Å². The normalized spacial score (nSPS) is 10.9. The molecule has 0 amide bonds. The second-order valence-electron chi connectivity index (χ2n) is 2.39. The minimum absolute atomic E-state index is 0.463. The summed E-state index contributed by atoms with van der Waals surface area (Å²) in [7, 11) is 0. The number of aryl methyl sites for hydroxylation is 1. The van der Waals surface area contributed by atoms with Gasteiger partial charge in [0.05, 0.1) is 0 Å². The predicted molar refractivity (Wildman–Crippen MR) is 50.4 cm³/mol. The molecule has 0 aromatic carbocycles. The maximum absolute atomic E-state index is 5.87. The third kappa shape index (κ3) is 1.03. The van der Waals surface area contributed by atoms with E-state index in [0.717, 1.165) is 15.9 Å². The highest BCUT2D eigenvalue weighted by Crippen LogP contribution is 2.23. The molecular weight excluding hydrogens is 241 g/mol. The summed E-state index contributed by atoms with van der Waals surface area (Å²) in [4.78, 5) is 8.16. The number of aromatic nitrogens is 3. The molecule has 0 unspecified atom stereocenters. The topological polar surface area (TPSA) is 30.2 Å². The number of rotatable bonds is 0. The molecule has 0 N–H and O–H groups in total. The maximum atomic E-state index is 5.87. The third-order valence-electron chi connectivity index (χ3n) is 1.64. The fraction of sp³-hybridized carbons (Fsp3) is 0.143. The number of fused-ring (bicyclic) bond motifs is 1. The molecule has 0 aliphatic carbocycles. The Bertz CT molecular complexity index is 437. The van der Waals surface area contributed by atoms with Crippen LogP contribution < -0.4 is 0 Å². The molecule has 12 heavy (non-hydrogen) atoms. The van der Waals surface area contributed by atoms with Gasteiger partial charge in [-0.05, 0) is 22.9 Å². The van der Waals surface area contributed by atoms with E-state index in [9.17, 15) is 0 Å². The van der Waals surface area contributed by atoms with Crippen LogP contribution in [0.4, 0.5) is 0 Å². The predicted octanol–water partition coefficient (Wildman–Crippen LogP) is 2.45. The van der Waals surface area contributed by atoms with Gasteiger partial charge in [0.2, 0.25) is 0 Å². The molecule has 2 heterocycles. The van der Waals surface area contributed by atoms with E-state index in [4.69, 9.17) is 11.6 Å². The zero-order valence-electron chi connectivity index (χ0n) is 6.25. The van der Waals surface area contributed by atoms with Crippen molar-refractivity contribution in [2.45, 2.75) is 6.92 Å². The molecule has 2 rings (SSSR count). The zero-order chi connectivity index (χ0) is 8.72. The lowest BCUT2D eigenvalue weighted by Crippen LogP contribution is -1.88. The van der Waals surface area contributed by atoms with E-state index in [2.05, 4.69) is 25.9 Å². The Hall–Kier alpha value is -0.610. The molecular formula is C7H5BrClN3. The van der Waals surface area contributed by atoms with Gasteiger partial charge < -0.3 is 0 Å². The number of hydrogen-bond donors (Lipinski definition) is 0. The Balaban J connectivity index is 2.99. The van der Waals surface area contributed by atoms with Gasteiger partial charge >= 0.3 is 0 Å². The van der Waals surface area contributed by atoms with E-state index >= 15 is 0 Å². The summed E-state index contributed by atoms with van der Waals surface area (Å²) in [5, 5.41) is 0.463. The monoisotopic (exact) mass is 245 g/mol. The van der Waals surface area contributed by atoms with Gasteiger partial charge in [0.15, 0.2) is 5.15 Å². The van der Waals surface area contributed by atoms with E-state index in [0.29, 0.717) is 5.15 Å². The van der Waals surface area contributed by atoms with Gasteiger partial charge in [-0.2, -0.15) is 0 Å². The molecule has 2 aromatic heterocycles. The van der Waals surface area contributed by atoms with Crippen LogP contribution in [0, 0.1) is 6.92 Å². The summed E-state index contributed by atoms with van der Waals surface area (Å²) < 4.78 is 2.62. The molecule has 0 spiro atoms. The van der Waals surface area contributed by atoms with Gasteiger partial charge in [0.25, 0.3) is 0 Å². The van der Waals surface area contributed by atoms with Crippen LogP contribution >= 0.6 is 27.5 Å². The highest BCUT2D eigenvalue weighted by molar-refractivity contribution is 9.10. The van der Waals surface area contributed by atoms with E-state index in [1.165, 1.54) is 0 Å². The summed E-state index contributed by atoms with van der Waals surface area (Å²) in [6.07, 6.45) is 3.48. The molecule has 0 bridgehead atoms. The van der Waals surface area contributed by atoms with Crippen LogP contribution in [0.5, 0.6) is 0 Å². The van der Waals surface area contributed by atoms with Crippen LogP contribution in [-0.2, 0) is 0 Å². The van der Waals surface area contributed by atoms with E-state index in [1.807, 2.05) is 17.5 Å². The standard InChI is InChI=1S/C7H5BrClN3/c1-4-11-6(8)5-7(9)10-2-3-12(4)5/h2-3H,1H3. The average Bonchev–Trinajstić information content (AvgIpc) is 2.29. The average molecular weight is 246 g/mol. The van der Waals surface area contributed by atoms with Gasteiger partial charge in [0, 0.05) is 12.4 Å². The zero-order valence-corrected chi connectivity index (χ0v) is 8.59. The van der Waals surface area contributed by atoms with Crippen LogP contribution in [0.3, 0.4) is 0 Å². The minimum Gasteiger partial charge on any atom is -0.299 e. The molecule has 0 saturated heterocycles. The van der Waals surface area contributed by atoms with Crippen molar-refractivity contribution >= 4 is 33.0 Å². The Labute approximate surface area is 82.5 Å². The van der Waals surface area contributed by atoms with Crippen molar-refractivity contribution in [3.8, 4) is 0 Å². The Morgan fingerprint density at radius 1 is 1.58 bits per heavy atom. The smallest absolute Gasteiger partial charge is 0.155 e. The quantitative estimate of drug-likeness (QED) is 0.715. The van der Waals surface area contributed by atoms with E-state index in [1.54, 1.807) is 6.20 Å². The lowest BCUT2D eigenvalue weighted by atomic mass is 10.6. The Morgan fingerprint density at radius 2 is 2.33 bits per heavy atom. The van der Waals surface area contributed by atoms with Crippen molar-refractivity contribution in [2.75, 3.05) is 0 Å². The third-order valence-corrected chi connectivity index (χ3v) is 2.47. The number of halogens is 2. The lowest BCUT2D eigenvalue weighted by Gasteiger charge is -1.95. The van der Waals surface area contributed by atoms with Crippen LogP contribution in [-0.4, -0.2) is 14.4 Å². The SMILES string of the molecule is Cc1nc(Br)c2c(Cl)nccn12. The summed E-state index contributed by atoms with van der Waals surface area (Å²) in [6, 6.07) is 0. The van der Waals surface area contributed by atoms with Crippen molar-refractivity contribution in [2.24, 2.45) is 0 Å². The van der Waals surface area contributed by atoms with Crippen LogP contribution in [0.25, 0.3) is 5.52 Å². The summed E-state index contributed by atoms with van der Waals surface area (Å²) in [6.45, 7) is 1.91. The Kier molecular flexibility index (Phi) is 1.81. The van der Waals surface area contributed by atoms with Gasteiger partial charge in [-0.1, -0.05) is 11.6 Å². The first-order valence-corrected chi connectivity index (χ1v) is 4.52. The minimum atomic E-state index is 0.463. The summed E-state index contributed by atoms with van der Waals surface area (Å²) >= 11 is 9.19. The van der Waals surface area contributed by atoms with Crippen molar-refractivity contribution in [1.29, 1.82) is 0 Å². The first-order chi connectivity index (χ1) is 5.70. The van der Waals surface area contributed by atoms with Crippen LogP contribution in [0.2, 0.25) is 5.15 Å². The van der Waals surface area contributed by atoms with Gasteiger partial charge in [0.1, 0.15) is 15.9 Å². The van der Waals surface area contributed by atoms with Crippen molar-refractivity contribution in [3.05, 3.63) is 28.0 Å². The molecule has 0 saturated carbocycles. The second kappa shape index (κ2) is 2.71. The van der Waals surface area contributed by atoms with Crippen molar-refractivity contribution in [3.63, 3.8) is 0 Å². The fourth-order valence-electron chi connectivity index (χ4n) is 1.10. The number of imidazole rings is 1. The molecule has 2 aromatic rings. The van der Waals surface area contributed by atoms with E-state index < -0.39 is 0 Å². The van der Waals surface area contributed by atoms with Gasteiger partial charge in [-0.15, -0.1) is 0 Å². The summed E-state index contributed by atoms with van der Waals surface area (Å²) in [5.74, 6) is 0.890. The second-order valence-corrected chi connectivity index (χ2v) is 3.50. The van der Waals surface area contributed by atoms with Crippen LogP contribution in [0.15, 0.2) is 17.0 Å². The highest BCUT2D eigenvalue weighted by Gasteiger charge is 2.08. The fourth-order valence-corrected chi connectivity index (χ4v) is 2.09. The van der Waals surface area contributed by atoms with Crippen LogP contribution in [0.1, 0.15) is 5.82 Å². The largest absolute Gasteiger partial charge is 0.299 e. The van der Waals surface area contributed by atoms with Crippen molar-refractivity contribution in [1.82, 2.24) is 14.4 Å². The number of nitrogens with zero attached hydrogens (tertiary/aromatic N) is 3. The first kappa shape index (κ1) is 8.01. The maximum Gasteiger partial charge on any atom is 0.155 e. The van der Waals surface area contributed by atoms with Gasteiger partial charge in [-0.3, -0.25) is 4.40 Å². The number of hydrogen-bond acceptors (Lipinski definition) is 2. The molecule has 0 aliphatic heterocycles.